The lowest BCUT2D eigenvalue weighted by molar-refractivity contribution is 0.601. The number of nitrogens with one attached hydrogen (secondary N) is 1. The number of pyridine rings is 1. The molecule has 0 saturated heterocycles. The van der Waals surface area contributed by atoms with Crippen molar-refractivity contribution in [3.8, 4) is 6.07 Å². The van der Waals surface area contributed by atoms with Crippen LogP contribution < -0.4 is 4.72 Å². The number of benzene rings is 1. The van der Waals surface area contributed by atoms with Crippen LogP contribution in [0.1, 0.15) is 5.56 Å². The highest BCUT2D eigenvalue weighted by Crippen LogP contribution is 2.32. The summed E-state index contributed by atoms with van der Waals surface area (Å²) in [6.45, 7) is 0. The van der Waals surface area contributed by atoms with E-state index >= 15 is 0 Å². The molecule has 5 nitrogen and oxygen atoms in total. The molecule has 1 aromatic heterocycles. The van der Waals surface area contributed by atoms with E-state index in [4.69, 9.17) is 16.9 Å². The molecular weight excluding hydrogens is 366 g/mol. The monoisotopic (exact) mass is 371 g/mol. The van der Waals surface area contributed by atoms with Crippen molar-refractivity contribution in [3.05, 3.63) is 51.7 Å². The number of hydrogen-bond acceptors (Lipinski definition) is 4. The predicted octanol–water partition coefficient (Wildman–Crippen LogP) is 3.17. The van der Waals surface area contributed by atoms with E-state index in [-0.39, 0.29) is 21.2 Å². The summed E-state index contributed by atoms with van der Waals surface area (Å²) < 4.78 is 27.1. The number of anilines is 1. The second-order valence-electron chi connectivity index (χ2n) is 3.69. The van der Waals surface area contributed by atoms with E-state index in [1.54, 1.807) is 6.07 Å². The van der Waals surface area contributed by atoms with E-state index in [0.717, 1.165) is 0 Å². The molecule has 0 aliphatic carbocycles. The molecule has 0 amide bonds. The standard InChI is InChI=1S/C12H7BrClN3O2S/c13-10-3-4-11(9(6-15)12(10)14)17-20(18,19)8-2-1-5-16-7-8/h1-5,7,17H. The fourth-order valence-electron chi connectivity index (χ4n) is 1.45. The number of aromatic nitrogens is 1. The molecule has 8 heteroatoms. The molecule has 2 rings (SSSR count). The molecule has 1 heterocycles. The molecule has 0 unspecified atom stereocenters. The van der Waals surface area contributed by atoms with E-state index in [2.05, 4.69) is 25.6 Å². The van der Waals surface area contributed by atoms with Crippen molar-refractivity contribution in [2.24, 2.45) is 0 Å². The average Bonchev–Trinajstić information content (AvgIpc) is 2.44. The average molecular weight is 373 g/mol. The first kappa shape index (κ1) is 14.8. The molecule has 0 aliphatic heterocycles. The number of sulfonamides is 1. The van der Waals surface area contributed by atoms with Crippen molar-refractivity contribution in [2.45, 2.75) is 4.90 Å². The Morgan fingerprint density at radius 1 is 1.35 bits per heavy atom. The van der Waals surface area contributed by atoms with Crippen LogP contribution >= 0.6 is 27.5 Å². The lowest BCUT2D eigenvalue weighted by Gasteiger charge is -2.10. The number of halogens is 2. The van der Waals surface area contributed by atoms with Gasteiger partial charge in [-0.05, 0) is 40.2 Å². The van der Waals surface area contributed by atoms with Crippen LogP contribution in [-0.2, 0) is 10.0 Å². The first-order chi connectivity index (χ1) is 9.45. The minimum atomic E-state index is -3.81. The molecule has 0 spiro atoms. The third kappa shape index (κ3) is 2.93. The predicted molar refractivity (Wildman–Crippen MR) is 78.9 cm³/mol. The first-order valence-corrected chi connectivity index (χ1v) is 7.92. The van der Waals surface area contributed by atoms with Gasteiger partial charge < -0.3 is 0 Å². The van der Waals surface area contributed by atoms with Gasteiger partial charge >= 0.3 is 0 Å². The number of hydrogen-bond donors (Lipinski definition) is 1. The fraction of sp³-hybridized carbons (Fsp3) is 0. The maximum atomic E-state index is 12.2. The summed E-state index contributed by atoms with van der Waals surface area (Å²) in [5, 5.41) is 9.24. The summed E-state index contributed by atoms with van der Waals surface area (Å²) in [6, 6.07) is 7.81. The zero-order valence-electron chi connectivity index (χ0n) is 9.84. The Morgan fingerprint density at radius 3 is 2.70 bits per heavy atom. The van der Waals surface area contributed by atoms with E-state index in [1.807, 2.05) is 6.07 Å². The van der Waals surface area contributed by atoms with Gasteiger partial charge in [0.05, 0.1) is 16.3 Å². The van der Waals surface area contributed by atoms with Gasteiger partial charge in [0.15, 0.2) is 0 Å². The number of nitriles is 1. The second kappa shape index (κ2) is 5.79. The first-order valence-electron chi connectivity index (χ1n) is 5.26. The van der Waals surface area contributed by atoms with Crippen LogP contribution in [-0.4, -0.2) is 13.4 Å². The van der Waals surface area contributed by atoms with Gasteiger partial charge in [-0.15, -0.1) is 0 Å². The van der Waals surface area contributed by atoms with Gasteiger partial charge in [-0.2, -0.15) is 5.26 Å². The second-order valence-corrected chi connectivity index (χ2v) is 6.60. The lowest BCUT2D eigenvalue weighted by Crippen LogP contribution is -2.14. The van der Waals surface area contributed by atoms with Crippen molar-refractivity contribution in [2.75, 3.05) is 4.72 Å². The van der Waals surface area contributed by atoms with Gasteiger partial charge in [0.1, 0.15) is 11.0 Å². The molecule has 0 aliphatic rings. The van der Waals surface area contributed by atoms with Crippen molar-refractivity contribution >= 4 is 43.2 Å². The maximum Gasteiger partial charge on any atom is 0.263 e. The van der Waals surface area contributed by atoms with Crippen LogP contribution in [0.15, 0.2) is 46.0 Å². The van der Waals surface area contributed by atoms with Crippen molar-refractivity contribution in [3.63, 3.8) is 0 Å². The van der Waals surface area contributed by atoms with Gasteiger partial charge in [0, 0.05) is 16.9 Å². The molecule has 0 fully saturated rings. The smallest absolute Gasteiger partial charge is 0.263 e. The topological polar surface area (TPSA) is 82.9 Å². The quantitative estimate of drug-likeness (QED) is 0.897. The van der Waals surface area contributed by atoms with Crippen LogP contribution in [0.2, 0.25) is 5.02 Å². The minimum absolute atomic E-state index is 0.00271. The molecule has 20 heavy (non-hydrogen) atoms. The summed E-state index contributed by atoms with van der Waals surface area (Å²) in [4.78, 5) is 3.75. The Labute approximate surface area is 129 Å². The van der Waals surface area contributed by atoms with Crippen LogP contribution in [0.4, 0.5) is 5.69 Å². The van der Waals surface area contributed by atoms with Crippen LogP contribution in [0, 0.1) is 11.3 Å². The van der Waals surface area contributed by atoms with Crippen molar-refractivity contribution in [1.29, 1.82) is 5.26 Å². The van der Waals surface area contributed by atoms with Crippen LogP contribution in [0.3, 0.4) is 0 Å². The lowest BCUT2D eigenvalue weighted by atomic mass is 10.2. The maximum absolute atomic E-state index is 12.2. The van der Waals surface area contributed by atoms with Gasteiger partial charge in [-0.3, -0.25) is 9.71 Å². The minimum Gasteiger partial charge on any atom is -0.278 e. The summed E-state index contributed by atoms with van der Waals surface area (Å²) in [7, 11) is -3.81. The highest BCUT2D eigenvalue weighted by Gasteiger charge is 2.18. The molecule has 1 aromatic carbocycles. The fourth-order valence-corrected chi connectivity index (χ4v) is 3.03. The van der Waals surface area contributed by atoms with E-state index in [0.29, 0.717) is 4.47 Å². The third-order valence-electron chi connectivity index (χ3n) is 2.40. The summed E-state index contributed by atoms with van der Waals surface area (Å²) >= 11 is 9.13. The molecular formula is C12H7BrClN3O2S. The highest BCUT2D eigenvalue weighted by atomic mass is 79.9. The highest BCUT2D eigenvalue weighted by molar-refractivity contribution is 9.10. The Kier molecular flexibility index (Phi) is 4.28. The molecule has 102 valence electrons. The Morgan fingerprint density at radius 2 is 2.10 bits per heavy atom. The summed E-state index contributed by atoms with van der Waals surface area (Å²) in [5.74, 6) is 0. The zero-order chi connectivity index (χ0) is 14.8. The number of rotatable bonds is 3. The van der Waals surface area contributed by atoms with Crippen LogP contribution in [0.25, 0.3) is 0 Å². The SMILES string of the molecule is N#Cc1c(NS(=O)(=O)c2cccnc2)ccc(Br)c1Cl. The van der Waals surface area contributed by atoms with Crippen molar-refractivity contribution in [1.82, 2.24) is 4.98 Å². The molecule has 0 radical (unpaired) electrons. The van der Waals surface area contributed by atoms with Crippen molar-refractivity contribution < 1.29 is 8.42 Å². The van der Waals surface area contributed by atoms with Gasteiger partial charge in [0.25, 0.3) is 10.0 Å². The Hall–Kier alpha value is -1.62. The van der Waals surface area contributed by atoms with Gasteiger partial charge in [-0.25, -0.2) is 8.42 Å². The summed E-state index contributed by atoms with van der Waals surface area (Å²) in [6.07, 6.45) is 2.69. The molecule has 0 saturated carbocycles. The van der Waals surface area contributed by atoms with Gasteiger partial charge in [-0.1, -0.05) is 11.6 Å². The summed E-state index contributed by atoms with van der Waals surface area (Å²) in [5.41, 5.74) is 0.165. The Bertz CT molecular complexity index is 788. The molecule has 0 atom stereocenters. The molecule has 1 N–H and O–H groups in total. The van der Waals surface area contributed by atoms with E-state index in [1.165, 1.54) is 30.6 Å². The zero-order valence-corrected chi connectivity index (χ0v) is 13.0. The van der Waals surface area contributed by atoms with Crippen LogP contribution in [0.5, 0.6) is 0 Å². The van der Waals surface area contributed by atoms with Gasteiger partial charge in [0.2, 0.25) is 0 Å². The van der Waals surface area contributed by atoms with E-state index in [9.17, 15) is 8.42 Å². The van der Waals surface area contributed by atoms with E-state index < -0.39 is 10.0 Å². The Balaban J connectivity index is 2.46. The normalized spacial score (nSPS) is 10.8. The molecule has 0 bridgehead atoms. The third-order valence-corrected chi connectivity index (χ3v) is 5.03. The number of nitrogens with zero attached hydrogens (tertiary/aromatic N) is 2. The molecule has 2 aromatic rings. The largest absolute Gasteiger partial charge is 0.278 e.